The van der Waals surface area contributed by atoms with Crippen LogP contribution in [-0.2, 0) is 9.59 Å². The van der Waals surface area contributed by atoms with Crippen molar-refractivity contribution in [3.63, 3.8) is 0 Å². The number of unbranched alkanes of at least 4 members (excludes halogenated alkanes) is 1. The summed E-state index contributed by atoms with van der Waals surface area (Å²) in [4.78, 5) is 38.2. The van der Waals surface area contributed by atoms with Gasteiger partial charge in [0.05, 0.1) is 24.8 Å². The lowest BCUT2D eigenvalue weighted by Gasteiger charge is -2.14. The summed E-state index contributed by atoms with van der Waals surface area (Å²) < 4.78 is 0. The summed E-state index contributed by atoms with van der Waals surface area (Å²) in [5.74, 6) is 0.685. The van der Waals surface area contributed by atoms with E-state index < -0.39 is 6.10 Å². The second-order valence-electron chi connectivity index (χ2n) is 9.80. The van der Waals surface area contributed by atoms with Crippen LogP contribution in [0.4, 0.5) is 4.79 Å². The second-order valence-corrected chi connectivity index (χ2v) is 9.80. The summed E-state index contributed by atoms with van der Waals surface area (Å²) in [6.07, 6.45) is 7.66. The zero-order valence-corrected chi connectivity index (χ0v) is 22.5. The zero-order valence-electron chi connectivity index (χ0n) is 22.5. The number of urea groups is 1. The largest absolute Gasteiger partial charge is 0.396 e. The maximum absolute atomic E-state index is 11.7. The molecule has 0 saturated carbocycles. The standard InChI is InChI=1S/C9H16N2O.C6H14O3.C5H10N2O.C5H9NO/c12-9(7-3-1-5-10-7)8-4-2-6-11-8;7-4-2-1-3-6(9)5-8;1-6-3-4-7(2)5(6)8;1-6-4-2-3-5(6)7/h7-8,10-11H,1-6H2;6-9H,1-5H2;3-4H2,1-2H3;2-4H2,1H3. The predicted molar refractivity (Wildman–Crippen MR) is 139 cm³/mol. The van der Waals surface area contributed by atoms with Crippen molar-refractivity contribution in [3.05, 3.63) is 0 Å². The van der Waals surface area contributed by atoms with E-state index in [1.165, 1.54) is 0 Å². The lowest BCUT2D eigenvalue weighted by atomic mass is 10.0. The Morgan fingerprint density at radius 1 is 0.889 bits per heavy atom. The van der Waals surface area contributed by atoms with Gasteiger partial charge < -0.3 is 40.7 Å². The van der Waals surface area contributed by atoms with E-state index in [2.05, 4.69) is 10.6 Å². The van der Waals surface area contributed by atoms with E-state index in [0.29, 0.717) is 24.5 Å². The number of nitrogens with zero attached hydrogens (tertiary/aromatic N) is 3. The molecule has 0 aromatic carbocycles. The van der Waals surface area contributed by atoms with E-state index in [4.69, 9.17) is 15.3 Å². The number of rotatable bonds is 7. The van der Waals surface area contributed by atoms with Crippen LogP contribution >= 0.6 is 0 Å². The van der Waals surface area contributed by atoms with Gasteiger partial charge in [-0.3, -0.25) is 9.59 Å². The van der Waals surface area contributed by atoms with Crippen LogP contribution in [-0.4, -0.2) is 133 Å². The molecule has 3 amide bonds. The van der Waals surface area contributed by atoms with Crippen LogP contribution in [0.15, 0.2) is 0 Å². The van der Waals surface area contributed by atoms with Crippen LogP contribution in [0.25, 0.3) is 0 Å². The molecule has 4 heterocycles. The number of aliphatic hydroxyl groups excluding tert-OH is 3. The predicted octanol–water partition coefficient (Wildman–Crippen LogP) is -0.216. The summed E-state index contributed by atoms with van der Waals surface area (Å²) in [5.41, 5.74) is 0. The van der Waals surface area contributed by atoms with Crippen molar-refractivity contribution in [1.82, 2.24) is 25.3 Å². The quantitative estimate of drug-likeness (QED) is 0.293. The van der Waals surface area contributed by atoms with Gasteiger partial charge >= 0.3 is 6.03 Å². The molecule has 4 fully saturated rings. The fourth-order valence-electron chi connectivity index (χ4n) is 4.25. The van der Waals surface area contributed by atoms with Gasteiger partial charge in [-0.05, 0) is 64.5 Å². The monoisotopic (exact) mass is 515 g/mol. The molecule has 3 atom stereocenters. The van der Waals surface area contributed by atoms with E-state index in [1.54, 1.807) is 14.7 Å². The first-order valence-electron chi connectivity index (χ1n) is 13.3. The first-order chi connectivity index (χ1) is 17.2. The third-order valence-corrected chi connectivity index (χ3v) is 6.70. The molecule has 4 saturated heterocycles. The van der Waals surface area contributed by atoms with Gasteiger partial charge in [-0.15, -0.1) is 0 Å². The number of ketones is 1. The first kappa shape index (κ1) is 32.2. The van der Waals surface area contributed by atoms with Gasteiger partial charge in [0.1, 0.15) is 0 Å². The van der Waals surface area contributed by atoms with Gasteiger partial charge in [0.2, 0.25) is 5.91 Å². The van der Waals surface area contributed by atoms with Gasteiger partial charge in [0, 0.05) is 53.8 Å². The van der Waals surface area contributed by atoms with Gasteiger partial charge in [0.25, 0.3) is 0 Å². The Morgan fingerprint density at radius 3 is 1.72 bits per heavy atom. The summed E-state index contributed by atoms with van der Waals surface area (Å²) in [6, 6.07) is 0.436. The lowest BCUT2D eigenvalue weighted by Crippen LogP contribution is -2.42. The van der Waals surface area contributed by atoms with Crippen LogP contribution in [0.5, 0.6) is 0 Å². The second kappa shape index (κ2) is 18.5. The Bertz CT molecular complexity index is 610. The molecule has 0 aromatic heterocycles. The van der Waals surface area contributed by atoms with Crippen molar-refractivity contribution in [2.24, 2.45) is 0 Å². The van der Waals surface area contributed by atoms with Gasteiger partial charge in [-0.1, -0.05) is 0 Å². The minimum Gasteiger partial charge on any atom is -0.396 e. The molecule has 4 rings (SSSR count). The number of carbonyl (C=O) groups excluding carboxylic acids is 3. The maximum atomic E-state index is 11.7. The van der Waals surface area contributed by atoms with Crippen LogP contribution in [0.3, 0.4) is 0 Å². The molecule has 0 aromatic rings. The van der Waals surface area contributed by atoms with E-state index in [-0.39, 0.29) is 31.3 Å². The summed E-state index contributed by atoms with van der Waals surface area (Å²) >= 11 is 0. The Morgan fingerprint density at radius 2 is 1.44 bits per heavy atom. The summed E-state index contributed by atoms with van der Waals surface area (Å²) in [7, 11) is 5.47. The molecule has 11 nitrogen and oxygen atoms in total. The highest BCUT2D eigenvalue weighted by molar-refractivity contribution is 5.89. The normalized spacial score (nSPS) is 24.0. The molecule has 210 valence electrons. The number of likely N-dealkylation sites (tertiary alicyclic amines) is 1. The number of hydrogen-bond donors (Lipinski definition) is 5. The van der Waals surface area contributed by atoms with E-state index in [9.17, 15) is 14.4 Å². The van der Waals surface area contributed by atoms with E-state index in [1.807, 2.05) is 21.1 Å². The van der Waals surface area contributed by atoms with Crippen molar-refractivity contribution >= 4 is 17.7 Å². The number of aliphatic hydroxyl groups is 3. The van der Waals surface area contributed by atoms with Crippen LogP contribution in [0.1, 0.15) is 57.8 Å². The molecular weight excluding hydrogens is 466 g/mol. The van der Waals surface area contributed by atoms with Crippen molar-refractivity contribution in [1.29, 1.82) is 0 Å². The van der Waals surface area contributed by atoms with Crippen molar-refractivity contribution in [2.75, 3.05) is 67.1 Å². The Balaban J connectivity index is 0.000000246. The molecule has 5 N–H and O–H groups in total. The Hall–Kier alpha value is -1.79. The van der Waals surface area contributed by atoms with Gasteiger partial charge in [-0.25, -0.2) is 4.79 Å². The average molecular weight is 516 g/mol. The van der Waals surface area contributed by atoms with Crippen molar-refractivity contribution in [2.45, 2.75) is 76.0 Å². The van der Waals surface area contributed by atoms with Gasteiger partial charge in [0.15, 0.2) is 5.78 Å². The molecule has 0 spiro atoms. The van der Waals surface area contributed by atoms with Crippen molar-refractivity contribution in [3.8, 4) is 0 Å². The van der Waals surface area contributed by atoms with E-state index in [0.717, 1.165) is 77.7 Å². The lowest BCUT2D eigenvalue weighted by molar-refractivity contribution is -0.126. The number of Topliss-reactive ketones (excluding diaryl/α,β-unsaturated/α-hetero) is 1. The van der Waals surface area contributed by atoms with E-state index >= 15 is 0 Å². The van der Waals surface area contributed by atoms with Gasteiger partial charge in [-0.2, -0.15) is 0 Å². The van der Waals surface area contributed by atoms with Crippen LogP contribution in [0.2, 0.25) is 0 Å². The summed E-state index contributed by atoms with van der Waals surface area (Å²) in [6.45, 7) is 4.72. The molecule has 4 aliphatic heterocycles. The fourth-order valence-corrected chi connectivity index (χ4v) is 4.25. The highest BCUT2D eigenvalue weighted by Crippen LogP contribution is 2.13. The van der Waals surface area contributed by atoms with Crippen LogP contribution < -0.4 is 10.6 Å². The zero-order chi connectivity index (χ0) is 26.9. The topological polar surface area (TPSA) is 146 Å². The van der Waals surface area contributed by atoms with Crippen LogP contribution in [0, 0.1) is 0 Å². The highest BCUT2D eigenvalue weighted by Gasteiger charge is 2.30. The third kappa shape index (κ3) is 12.4. The molecule has 0 aliphatic carbocycles. The minimum atomic E-state index is -0.600. The molecule has 36 heavy (non-hydrogen) atoms. The third-order valence-electron chi connectivity index (χ3n) is 6.70. The van der Waals surface area contributed by atoms with Crippen molar-refractivity contribution < 1.29 is 29.7 Å². The average Bonchev–Trinajstić information content (AvgIpc) is 3.70. The molecule has 3 unspecified atom stereocenters. The molecule has 11 heteroatoms. The molecular formula is C25H49N5O6. The Kier molecular flexibility index (Phi) is 16.5. The number of amides is 3. The number of nitrogens with one attached hydrogen (secondary N) is 2. The number of hydrogen-bond acceptors (Lipinski definition) is 8. The minimum absolute atomic E-state index is 0.130. The number of carbonyl (C=O) groups is 3. The smallest absolute Gasteiger partial charge is 0.319 e. The fraction of sp³-hybridized carbons (Fsp3) is 0.880. The maximum Gasteiger partial charge on any atom is 0.319 e. The highest BCUT2D eigenvalue weighted by atomic mass is 16.3. The SMILES string of the molecule is CN1CCCC1=O.CN1CCN(C)C1=O.O=C(C1CCCN1)C1CCCN1.OCCCCC(O)CO. The molecule has 0 bridgehead atoms. The molecule has 4 aliphatic rings. The Labute approximate surface area is 216 Å². The number of likely N-dealkylation sites (N-methyl/N-ethyl adjacent to an activating group) is 2. The summed E-state index contributed by atoms with van der Waals surface area (Å²) in [5, 5.41) is 31.9. The first-order valence-corrected chi connectivity index (χ1v) is 13.3. The molecule has 0 radical (unpaired) electrons.